The molecule has 20 heteroatoms. The fraction of sp³-hybridized carbons (Fsp3) is 0.450. The topological polar surface area (TPSA) is 202 Å². The molecule has 0 unspecified atom stereocenters. The summed E-state index contributed by atoms with van der Waals surface area (Å²) in [6.07, 6.45) is 14.7. The minimum absolute atomic E-state index is 0.119. The zero-order valence-electron chi connectivity index (χ0n) is 34.5. The van der Waals surface area contributed by atoms with Crippen LogP contribution in [0, 0.1) is 0 Å². The number of carbonyl (C=O) groups excluding carboxylic acids is 1. The summed E-state index contributed by atoms with van der Waals surface area (Å²) in [7, 11) is -6.50. The highest BCUT2D eigenvalue weighted by Gasteiger charge is 2.44. The molecule has 0 bridgehead atoms. The molecule has 0 amide bonds. The average Bonchev–Trinajstić information content (AvgIpc) is 3.53. The van der Waals surface area contributed by atoms with Crippen LogP contribution in [0.2, 0.25) is 0 Å². The van der Waals surface area contributed by atoms with E-state index in [-0.39, 0.29) is 42.6 Å². The van der Waals surface area contributed by atoms with E-state index in [9.17, 15) is 26.2 Å². The highest BCUT2D eigenvalue weighted by Crippen LogP contribution is 2.49. The van der Waals surface area contributed by atoms with E-state index in [4.69, 9.17) is 15.3 Å². The average molecular weight is 913 g/mol. The number of allylic oxidation sites excluding steroid dienone is 8. The molecule has 0 saturated heterocycles. The van der Waals surface area contributed by atoms with Crippen LogP contribution in [-0.4, -0.2) is 97.3 Å². The summed E-state index contributed by atoms with van der Waals surface area (Å²) in [6, 6.07) is 10.7. The van der Waals surface area contributed by atoms with Gasteiger partial charge in [0.15, 0.2) is 5.71 Å². The molecule has 4 rings (SSSR count). The van der Waals surface area contributed by atoms with Gasteiger partial charge in [-0.15, -0.1) is 8.67 Å². The number of carbonyl (C=O) groups is 1. The molecular formula is C40H54N3O13S4+. The second-order valence-electron chi connectivity index (χ2n) is 14.9. The number of rotatable bonds is 24. The number of sulfonamides is 1. The molecule has 0 spiro atoms. The minimum atomic E-state index is -4.14. The van der Waals surface area contributed by atoms with Gasteiger partial charge < -0.3 is 9.64 Å². The van der Waals surface area contributed by atoms with E-state index >= 15 is 0 Å². The van der Waals surface area contributed by atoms with Crippen LogP contribution in [0.1, 0.15) is 71.4 Å². The molecule has 2 aromatic rings. The van der Waals surface area contributed by atoms with Gasteiger partial charge in [-0.05, 0) is 75.6 Å². The first-order valence-corrected chi connectivity index (χ1v) is 23.9. The predicted octanol–water partition coefficient (Wildman–Crippen LogP) is 7.54. The monoisotopic (exact) mass is 912 g/mol. The Bertz CT molecular complexity index is 2200. The van der Waals surface area contributed by atoms with Gasteiger partial charge in [-0.1, -0.05) is 54.3 Å². The van der Waals surface area contributed by atoms with E-state index in [1.54, 1.807) is 25.1 Å². The molecule has 16 nitrogen and oxygen atoms in total. The van der Waals surface area contributed by atoms with Gasteiger partial charge >= 0.3 is 5.97 Å². The lowest BCUT2D eigenvalue weighted by Crippen LogP contribution is -2.28. The van der Waals surface area contributed by atoms with Crippen molar-refractivity contribution in [1.29, 1.82) is 0 Å². The fourth-order valence-electron chi connectivity index (χ4n) is 7.27. The van der Waals surface area contributed by atoms with Crippen molar-refractivity contribution in [3.05, 3.63) is 95.8 Å². The van der Waals surface area contributed by atoms with E-state index in [2.05, 4.69) is 23.6 Å². The molecule has 2 aliphatic heterocycles. The van der Waals surface area contributed by atoms with Gasteiger partial charge in [0.1, 0.15) is 6.54 Å². The Kier molecular flexibility index (Phi) is 18.2. The van der Waals surface area contributed by atoms with Crippen molar-refractivity contribution in [1.82, 2.24) is 4.31 Å². The first kappa shape index (κ1) is 49.3. The first-order chi connectivity index (χ1) is 28.4. The molecule has 2 heterocycles. The largest absolute Gasteiger partial charge is 0.466 e. The molecule has 0 saturated carbocycles. The van der Waals surface area contributed by atoms with Crippen molar-refractivity contribution in [2.24, 2.45) is 0 Å². The standard InChI is InChI=1S/C40H53N3O13S4/c1-7-52-38(44)18-13-23-41(6)60(50,51)31-20-22-35-33(29-31)40(4,5)37(42(35)24-14-26-57-55-53-45)17-12-10-8-9-11-16-36-39(2,3)32-28-30(58-56-54-46)19-21-34(32)43(36)25-15-27-59(47,48)49/h8-12,16-17,19-22,28-29H,7,13-15,18,23-27H2,1-6H3,(H2-,45,46,47,48,49)/p+1. The maximum Gasteiger partial charge on any atom is 0.305 e. The van der Waals surface area contributed by atoms with Gasteiger partial charge in [-0.25, -0.2) is 23.2 Å². The molecule has 2 aliphatic rings. The van der Waals surface area contributed by atoms with E-state index in [1.165, 1.54) is 11.4 Å². The van der Waals surface area contributed by atoms with Crippen LogP contribution in [0.25, 0.3) is 0 Å². The Hall–Kier alpha value is -3.38. The van der Waals surface area contributed by atoms with Crippen molar-refractivity contribution < 1.29 is 64.8 Å². The van der Waals surface area contributed by atoms with Crippen molar-refractivity contribution >= 4 is 67.3 Å². The molecule has 0 fully saturated rings. The number of ether oxygens (including phenoxy) is 1. The number of anilines is 1. The molecule has 330 valence electrons. The second kappa shape index (κ2) is 22.1. The lowest BCUT2D eigenvalue weighted by atomic mass is 9.81. The summed E-state index contributed by atoms with van der Waals surface area (Å²) in [5.41, 5.74) is 4.28. The Balaban J connectivity index is 1.58. The zero-order chi connectivity index (χ0) is 44.1. The number of hydrogen-bond donors (Lipinski definition) is 3. The Morgan fingerprint density at radius 1 is 0.900 bits per heavy atom. The third-order valence-electron chi connectivity index (χ3n) is 10.2. The Labute approximate surface area is 361 Å². The number of esters is 1. The van der Waals surface area contributed by atoms with Gasteiger partial charge in [0, 0.05) is 90.2 Å². The molecule has 0 radical (unpaired) electrons. The van der Waals surface area contributed by atoms with Crippen molar-refractivity contribution in [2.75, 3.05) is 49.7 Å². The molecule has 3 N–H and O–H groups in total. The van der Waals surface area contributed by atoms with Crippen LogP contribution in [-0.2, 0) is 59.2 Å². The summed E-state index contributed by atoms with van der Waals surface area (Å²) in [5, 5.41) is 24.6. The van der Waals surface area contributed by atoms with Crippen molar-refractivity contribution in [2.45, 2.75) is 80.9 Å². The van der Waals surface area contributed by atoms with Gasteiger partial charge in [-0.3, -0.25) is 9.35 Å². The lowest BCUT2D eigenvalue weighted by molar-refractivity contribution is -0.437. The second-order valence-corrected chi connectivity index (χ2v) is 20.1. The maximum atomic E-state index is 13.7. The van der Waals surface area contributed by atoms with Crippen molar-refractivity contribution in [3.8, 4) is 0 Å². The Morgan fingerprint density at radius 3 is 2.32 bits per heavy atom. The fourth-order valence-corrected chi connectivity index (χ4v) is 9.75. The molecular weight excluding hydrogens is 859 g/mol. The number of hydrogen-bond acceptors (Lipinski definition) is 15. The third kappa shape index (κ3) is 12.6. The van der Waals surface area contributed by atoms with Crippen molar-refractivity contribution in [3.63, 3.8) is 0 Å². The van der Waals surface area contributed by atoms with E-state index in [1.807, 2.05) is 93.0 Å². The summed E-state index contributed by atoms with van der Waals surface area (Å²) in [6.45, 7) is 11.2. The summed E-state index contributed by atoms with van der Waals surface area (Å²) < 4.78 is 77.1. The van der Waals surface area contributed by atoms with E-state index in [0.29, 0.717) is 36.6 Å². The van der Waals surface area contributed by atoms with Crippen LogP contribution in [0.4, 0.5) is 11.4 Å². The smallest absolute Gasteiger partial charge is 0.305 e. The molecule has 60 heavy (non-hydrogen) atoms. The minimum Gasteiger partial charge on any atom is -0.466 e. The summed E-state index contributed by atoms with van der Waals surface area (Å²) in [5.74, 6) is -0.233. The summed E-state index contributed by atoms with van der Waals surface area (Å²) in [4.78, 5) is 14.8. The van der Waals surface area contributed by atoms with E-state index in [0.717, 1.165) is 58.0 Å². The maximum absolute atomic E-state index is 13.7. The quantitative estimate of drug-likeness (QED) is 0.0136. The first-order valence-electron chi connectivity index (χ1n) is 19.2. The predicted molar refractivity (Wildman–Crippen MR) is 231 cm³/mol. The van der Waals surface area contributed by atoms with Crippen LogP contribution < -0.4 is 4.90 Å². The number of benzene rings is 2. The molecule has 0 aromatic heterocycles. The number of fused-ring (bicyclic) bond motifs is 2. The van der Waals surface area contributed by atoms with Gasteiger partial charge in [-0.2, -0.15) is 13.0 Å². The molecule has 2 aromatic carbocycles. The summed E-state index contributed by atoms with van der Waals surface area (Å²) >= 11 is 1.81. The molecule has 0 aliphatic carbocycles. The highest BCUT2D eigenvalue weighted by atomic mass is 32.2. The Morgan fingerprint density at radius 2 is 1.62 bits per heavy atom. The number of nitrogens with zero attached hydrogens (tertiary/aromatic N) is 3. The lowest BCUT2D eigenvalue weighted by Gasteiger charge is -2.27. The van der Waals surface area contributed by atoms with Crippen LogP contribution in [0.5, 0.6) is 0 Å². The van der Waals surface area contributed by atoms with Gasteiger partial charge in [0.2, 0.25) is 15.7 Å². The van der Waals surface area contributed by atoms with Gasteiger partial charge in [0.05, 0.1) is 34.7 Å². The van der Waals surface area contributed by atoms with E-state index < -0.39 is 31.0 Å². The van der Waals surface area contributed by atoms with Crippen LogP contribution in [0.15, 0.2) is 94.4 Å². The molecule has 0 atom stereocenters. The van der Waals surface area contributed by atoms with Gasteiger partial charge in [0.25, 0.3) is 10.1 Å². The van der Waals surface area contributed by atoms with Crippen LogP contribution >= 0.6 is 24.1 Å². The SMILES string of the molecule is CCOC(=O)CCCN(C)S(=O)(=O)c1ccc2c(c1)C(C)(C)\C(=C/C=C/C=C/C=C/C1=[N+](CCCS(=O)(=O)O)c3ccc(SOOO)cc3C1(C)C)N2CCCSOOO. The normalized spacial score (nSPS) is 17.0. The highest BCUT2D eigenvalue weighted by molar-refractivity contribution is 7.94. The van der Waals surface area contributed by atoms with Crippen LogP contribution in [0.3, 0.4) is 0 Å². The third-order valence-corrected chi connectivity index (χ3v) is 14.0. The zero-order valence-corrected chi connectivity index (χ0v) is 37.7.